The first-order valence-electron chi connectivity index (χ1n) is 10.7. The van der Waals surface area contributed by atoms with Gasteiger partial charge in [0.1, 0.15) is 5.75 Å². The Morgan fingerprint density at radius 1 is 1.18 bits per heavy atom. The molecule has 0 saturated carbocycles. The van der Waals surface area contributed by atoms with Crippen molar-refractivity contribution >= 4 is 17.6 Å². The highest BCUT2D eigenvalue weighted by molar-refractivity contribution is 5.97. The number of nitrogens with zero attached hydrogens (tertiary/aromatic N) is 2. The van der Waals surface area contributed by atoms with Gasteiger partial charge in [0.15, 0.2) is 11.5 Å². The molecule has 0 radical (unpaired) electrons. The molecule has 0 aliphatic carbocycles. The third-order valence-corrected chi connectivity index (χ3v) is 5.44. The highest BCUT2D eigenvalue weighted by Crippen LogP contribution is 2.20. The van der Waals surface area contributed by atoms with E-state index < -0.39 is 0 Å². The van der Waals surface area contributed by atoms with Gasteiger partial charge in [0, 0.05) is 30.3 Å². The molecule has 170 valence electrons. The highest BCUT2D eigenvalue weighted by Gasteiger charge is 2.21. The monoisotopic (exact) mass is 446 g/mol. The topological polar surface area (TPSA) is 131 Å². The lowest BCUT2D eigenvalue weighted by Gasteiger charge is -2.12. The fourth-order valence-corrected chi connectivity index (χ4v) is 3.58. The molecule has 1 unspecified atom stereocenters. The Kier molecular flexibility index (Phi) is 6.80. The largest absolute Gasteiger partial charge is 0.497 e. The van der Waals surface area contributed by atoms with Crippen LogP contribution in [0, 0.1) is 0 Å². The normalized spacial score (nSPS) is 15.1. The Balaban J connectivity index is 1.47. The minimum absolute atomic E-state index is 0.0417. The first-order valence-corrected chi connectivity index (χ1v) is 10.7. The summed E-state index contributed by atoms with van der Waals surface area (Å²) in [6.45, 7) is 1.96. The van der Waals surface area contributed by atoms with Crippen molar-refractivity contribution in [3.05, 3.63) is 71.5 Å². The van der Waals surface area contributed by atoms with Gasteiger partial charge >= 0.3 is 0 Å². The van der Waals surface area contributed by atoms with Gasteiger partial charge in [0.05, 0.1) is 19.0 Å². The van der Waals surface area contributed by atoms with E-state index >= 15 is 0 Å². The standard InChI is InChI=1S/C24H26N6O3/c1-33-19-7-5-15(6-8-19)12-28-23(31)17-4-2-3-16(11-17)20-14-27-22(25)21(30-20)24(32)29-18-9-10-26-13-18/h2-8,11,14,18,26H,9-10,12-13H2,1H3,(H2,25,27)(H,28,31)(H,29,32). The molecule has 1 aromatic heterocycles. The number of nitrogens with two attached hydrogens (primary N) is 1. The van der Waals surface area contributed by atoms with Crippen molar-refractivity contribution in [3.8, 4) is 17.0 Å². The van der Waals surface area contributed by atoms with Crippen LogP contribution in [-0.4, -0.2) is 48.0 Å². The van der Waals surface area contributed by atoms with Crippen LogP contribution in [0.5, 0.6) is 5.75 Å². The number of hydrogen-bond donors (Lipinski definition) is 4. The number of aromatic nitrogens is 2. The predicted octanol–water partition coefficient (Wildman–Crippen LogP) is 1.76. The van der Waals surface area contributed by atoms with E-state index in [0.717, 1.165) is 24.3 Å². The number of nitrogen functional groups attached to an aromatic ring is 1. The molecule has 9 heteroatoms. The summed E-state index contributed by atoms with van der Waals surface area (Å²) in [5.74, 6) is 0.248. The zero-order valence-electron chi connectivity index (χ0n) is 18.3. The third kappa shape index (κ3) is 5.45. The molecule has 9 nitrogen and oxygen atoms in total. The van der Waals surface area contributed by atoms with Gasteiger partial charge in [-0.15, -0.1) is 0 Å². The van der Waals surface area contributed by atoms with Gasteiger partial charge < -0.3 is 26.4 Å². The van der Waals surface area contributed by atoms with Crippen LogP contribution >= 0.6 is 0 Å². The van der Waals surface area contributed by atoms with Crippen molar-refractivity contribution in [1.29, 1.82) is 0 Å². The van der Waals surface area contributed by atoms with Gasteiger partial charge in [-0.25, -0.2) is 9.97 Å². The summed E-state index contributed by atoms with van der Waals surface area (Å²) < 4.78 is 5.15. The molecule has 3 aromatic rings. The molecule has 1 atom stereocenters. The molecule has 2 amide bonds. The van der Waals surface area contributed by atoms with Crippen LogP contribution in [0.3, 0.4) is 0 Å². The van der Waals surface area contributed by atoms with E-state index in [-0.39, 0.29) is 29.4 Å². The molecule has 1 saturated heterocycles. The second-order valence-electron chi connectivity index (χ2n) is 7.76. The summed E-state index contributed by atoms with van der Waals surface area (Å²) in [7, 11) is 1.61. The molecule has 4 rings (SSSR count). The molecule has 33 heavy (non-hydrogen) atoms. The molecular weight excluding hydrogens is 420 g/mol. The zero-order chi connectivity index (χ0) is 23.2. The van der Waals surface area contributed by atoms with Crippen LogP contribution in [0.1, 0.15) is 32.8 Å². The average Bonchev–Trinajstić information content (AvgIpc) is 3.36. The number of nitrogens with one attached hydrogen (secondary N) is 3. The highest BCUT2D eigenvalue weighted by atomic mass is 16.5. The molecular formula is C24H26N6O3. The SMILES string of the molecule is COc1ccc(CNC(=O)c2cccc(-c3cnc(N)c(C(=O)NC4CCNC4)n3)c2)cc1. The van der Waals surface area contributed by atoms with Crippen molar-refractivity contribution in [3.63, 3.8) is 0 Å². The lowest BCUT2D eigenvalue weighted by Crippen LogP contribution is -2.37. The average molecular weight is 447 g/mol. The summed E-state index contributed by atoms with van der Waals surface area (Å²) in [5.41, 5.74) is 8.55. The molecule has 2 aromatic carbocycles. The van der Waals surface area contributed by atoms with E-state index in [1.807, 2.05) is 30.3 Å². The van der Waals surface area contributed by atoms with E-state index in [0.29, 0.717) is 29.9 Å². The first kappa shape index (κ1) is 22.2. The zero-order valence-corrected chi connectivity index (χ0v) is 18.3. The second-order valence-corrected chi connectivity index (χ2v) is 7.76. The third-order valence-electron chi connectivity index (χ3n) is 5.44. The van der Waals surface area contributed by atoms with Crippen LogP contribution in [0.2, 0.25) is 0 Å². The van der Waals surface area contributed by atoms with E-state index in [9.17, 15) is 9.59 Å². The second kappa shape index (κ2) is 10.1. The molecule has 0 spiro atoms. The number of carbonyl (C=O) groups excluding carboxylic acids is 2. The molecule has 1 fully saturated rings. The smallest absolute Gasteiger partial charge is 0.274 e. The van der Waals surface area contributed by atoms with Gasteiger partial charge in [-0.2, -0.15) is 0 Å². The molecule has 1 aliphatic heterocycles. The maximum absolute atomic E-state index is 12.7. The van der Waals surface area contributed by atoms with E-state index in [2.05, 4.69) is 25.9 Å². The number of rotatable bonds is 7. The van der Waals surface area contributed by atoms with Gasteiger partial charge in [-0.1, -0.05) is 24.3 Å². The number of anilines is 1. The van der Waals surface area contributed by atoms with Crippen LogP contribution in [-0.2, 0) is 6.54 Å². The Morgan fingerprint density at radius 2 is 2.00 bits per heavy atom. The van der Waals surface area contributed by atoms with Crippen molar-refractivity contribution < 1.29 is 14.3 Å². The summed E-state index contributed by atoms with van der Waals surface area (Å²) >= 11 is 0. The fraction of sp³-hybridized carbons (Fsp3) is 0.250. The van der Waals surface area contributed by atoms with Gasteiger partial charge in [-0.3, -0.25) is 9.59 Å². The number of carbonyl (C=O) groups is 2. The maximum atomic E-state index is 12.7. The number of methoxy groups -OCH3 is 1. The summed E-state index contributed by atoms with van der Waals surface area (Å²) in [4.78, 5) is 33.9. The number of amides is 2. The summed E-state index contributed by atoms with van der Waals surface area (Å²) in [5, 5.41) is 9.03. The van der Waals surface area contributed by atoms with E-state index in [1.165, 1.54) is 6.20 Å². The fourth-order valence-electron chi connectivity index (χ4n) is 3.58. The number of ether oxygens (including phenoxy) is 1. The lowest BCUT2D eigenvalue weighted by atomic mass is 10.1. The van der Waals surface area contributed by atoms with Crippen molar-refractivity contribution in [2.24, 2.45) is 0 Å². The van der Waals surface area contributed by atoms with Crippen molar-refractivity contribution in [2.75, 3.05) is 25.9 Å². The van der Waals surface area contributed by atoms with Gasteiger partial charge in [0.2, 0.25) is 0 Å². The van der Waals surface area contributed by atoms with Gasteiger partial charge in [0.25, 0.3) is 11.8 Å². The predicted molar refractivity (Wildman–Crippen MR) is 125 cm³/mol. The molecule has 5 N–H and O–H groups in total. The first-order chi connectivity index (χ1) is 16.0. The maximum Gasteiger partial charge on any atom is 0.274 e. The summed E-state index contributed by atoms with van der Waals surface area (Å²) in [6, 6.07) is 14.5. The Labute approximate surface area is 191 Å². The van der Waals surface area contributed by atoms with Crippen LogP contribution in [0.15, 0.2) is 54.7 Å². The van der Waals surface area contributed by atoms with Crippen molar-refractivity contribution in [2.45, 2.75) is 19.0 Å². The quantitative estimate of drug-likeness (QED) is 0.435. The minimum atomic E-state index is -0.357. The van der Waals surface area contributed by atoms with Crippen LogP contribution in [0.4, 0.5) is 5.82 Å². The van der Waals surface area contributed by atoms with Gasteiger partial charge in [-0.05, 0) is 42.8 Å². The van der Waals surface area contributed by atoms with Crippen LogP contribution < -0.4 is 26.4 Å². The van der Waals surface area contributed by atoms with Crippen LogP contribution in [0.25, 0.3) is 11.3 Å². The van der Waals surface area contributed by atoms with E-state index in [1.54, 1.807) is 25.3 Å². The van der Waals surface area contributed by atoms with E-state index in [4.69, 9.17) is 10.5 Å². The lowest BCUT2D eigenvalue weighted by molar-refractivity contribution is 0.0932. The Morgan fingerprint density at radius 3 is 2.73 bits per heavy atom. The number of hydrogen-bond acceptors (Lipinski definition) is 7. The molecule has 0 bridgehead atoms. The number of benzene rings is 2. The summed E-state index contributed by atoms with van der Waals surface area (Å²) in [6.07, 6.45) is 2.35. The molecule has 2 heterocycles. The van der Waals surface area contributed by atoms with Crippen molar-refractivity contribution in [1.82, 2.24) is 25.9 Å². The minimum Gasteiger partial charge on any atom is -0.497 e. The Hall–Kier alpha value is -3.98. The Bertz CT molecular complexity index is 1140. The molecule has 1 aliphatic rings.